The summed E-state index contributed by atoms with van der Waals surface area (Å²) in [7, 11) is 0. The molecule has 0 unspecified atom stereocenters. The topological polar surface area (TPSA) is 121 Å². The third-order valence-electron chi connectivity index (χ3n) is 9.98. The van der Waals surface area contributed by atoms with Gasteiger partial charge >= 0.3 is 11.9 Å². The van der Waals surface area contributed by atoms with Crippen molar-refractivity contribution in [1.82, 2.24) is 0 Å². The van der Waals surface area contributed by atoms with Gasteiger partial charge in [0, 0.05) is 42.8 Å². The van der Waals surface area contributed by atoms with Crippen molar-refractivity contribution >= 4 is 90.1 Å². The molecule has 0 fully saturated rings. The van der Waals surface area contributed by atoms with E-state index >= 15 is 0 Å². The number of halogens is 4. The Labute approximate surface area is 343 Å². The number of allylic oxidation sites excluding steroid dienone is 2. The maximum absolute atomic E-state index is 14.3. The van der Waals surface area contributed by atoms with Gasteiger partial charge in [0.1, 0.15) is 13.2 Å². The van der Waals surface area contributed by atoms with E-state index in [1.54, 1.807) is 60.7 Å². The van der Waals surface area contributed by atoms with Crippen LogP contribution in [0.5, 0.6) is 0 Å². The van der Waals surface area contributed by atoms with Crippen molar-refractivity contribution in [3.05, 3.63) is 186 Å². The lowest BCUT2D eigenvalue weighted by atomic mass is 10.0. The Morgan fingerprint density at radius 2 is 0.800 bits per heavy atom. The molecule has 8 nitrogen and oxygen atoms in total. The Kier molecular flexibility index (Phi) is 9.52. The average Bonchev–Trinajstić information content (AvgIpc) is 3.96. The van der Waals surface area contributed by atoms with Crippen molar-refractivity contribution < 1.29 is 55.8 Å². The molecule has 0 saturated heterocycles. The lowest BCUT2D eigenvalue weighted by molar-refractivity contribution is 0.0465. The maximum Gasteiger partial charge on any atom is 0.340 e. The Hall–Kier alpha value is -7.16. The number of rotatable bonds is 8. The van der Waals surface area contributed by atoms with Crippen LogP contribution in [0.25, 0.3) is 32.3 Å². The van der Waals surface area contributed by atoms with Crippen LogP contribution in [0.15, 0.2) is 108 Å². The molecule has 0 radical (unpaired) electrons. The highest BCUT2D eigenvalue weighted by Gasteiger charge is 2.37. The Morgan fingerprint density at radius 3 is 1.12 bits per heavy atom. The van der Waals surface area contributed by atoms with E-state index in [1.165, 1.54) is 24.3 Å². The lowest BCUT2D eigenvalue weighted by Crippen LogP contribution is -2.10. The fourth-order valence-electron chi connectivity index (χ4n) is 7.12. The van der Waals surface area contributed by atoms with Crippen LogP contribution in [0, 0.1) is 23.3 Å². The number of ether oxygens (including phenoxy) is 2. The second-order valence-corrected chi connectivity index (χ2v) is 15.9. The molecule has 5 aromatic carbocycles. The Morgan fingerprint density at radius 1 is 0.483 bits per heavy atom. The van der Waals surface area contributed by atoms with Gasteiger partial charge in [0.2, 0.25) is 0 Å². The van der Waals surface area contributed by atoms with Crippen LogP contribution in [-0.2, 0) is 22.7 Å². The predicted octanol–water partition coefficient (Wildman–Crippen LogP) is 10.3. The number of hydrogen-bond acceptors (Lipinski definition) is 10. The molecule has 0 aliphatic heterocycles. The quantitative estimate of drug-likeness (QED) is 0.0642. The molecule has 2 aliphatic rings. The average molecular weight is 843 g/mol. The number of fused-ring (bicyclic) bond motifs is 4. The molecule has 14 heteroatoms. The van der Waals surface area contributed by atoms with Crippen molar-refractivity contribution in [2.45, 2.75) is 13.2 Å². The molecule has 7 aromatic rings. The molecular formula is C46H22F4O8S2. The lowest BCUT2D eigenvalue weighted by Gasteiger charge is -2.11. The van der Waals surface area contributed by atoms with Crippen LogP contribution in [0.1, 0.15) is 83.0 Å². The normalized spacial score (nSPS) is 13.3. The van der Waals surface area contributed by atoms with E-state index in [9.17, 15) is 46.3 Å². The summed E-state index contributed by atoms with van der Waals surface area (Å²) in [6.45, 7) is -0.314. The van der Waals surface area contributed by atoms with Gasteiger partial charge < -0.3 is 9.47 Å². The predicted molar refractivity (Wildman–Crippen MR) is 214 cm³/mol. The first-order valence-corrected chi connectivity index (χ1v) is 19.6. The summed E-state index contributed by atoms with van der Waals surface area (Å²) in [6.07, 6.45) is 2.43. The zero-order valence-electron chi connectivity index (χ0n) is 30.4. The van der Waals surface area contributed by atoms with Gasteiger partial charge in [-0.25, -0.2) is 27.2 Å². The van der Waals surface area contributed by atoms with Crippen molar-refractivity contribution in [2.75, 3.05) is 0 Å². The number of carbonyl (C=O) groups excluding carboxylic acids is 6. The summed E-state index contributed by atoms with van der Waals surface area (Å²) in [4.78, 5) is 82.4. The van der Waals surface area contributed by atoms with E-state index in [-0.39, 0.29) is 76.5 Å². The molecule has 0 spiro atoms. The third-order valence-corrected chi connectivity index (χ3v) is 12.2. The maximum atomic E-state index is 14.3. The first-order valence-electron chi connectivity index (χ1n) is 17.9. The molecule has 9 rings (SSSR count). The summed E-state index contributed by atoms with van der Waals surface area (Å²) in [5, 5.41) is 0.313. The van der Waals surface area contributed by atoms with Gasteiger partial charge in [-0.1, -0.05) is 60.7 Å². The molecule has 0 bridgehead atoms. The first kappa shape index (κ1) is 38.4. The second kappa shape index (κ2) is 14.9. The molecule has 0 amide bonds. The number of esters is 2. The second-order valence-electron chi connectivity index (χ2n) is 13.7. The summed E-state index contributed by atoms with van der Waals surface area (Å²) in [5.74, 6) is -10.3. The minimum Gasteiger partial charge on any atom is -0.457 e. The standard InChI is InChI=1S/C46H22F4O8S2/c47-33-15-25-26(16-34(33)48)40(52)31(39(25)51)13-23-11-29-37(45(55)57-19-21-7-3-1-4-8-21)43-30(38(44(29)60-23)46(56)58-20-22-9-5-2-6-10-22)12-24(59-43)14-32-41(53)27-17-35(49)36(50)18-28(27)42(32)54/h1-18H,19-20H2. The highest BCUT2D eigenvalue weighted by atomic mass is 32.1. The summed E-state index contributed by atoms with van der Waals surface area (Å²) in [6, 6.07) is 23.1. The van der Waals surface area contributed by atoms with Crippen molar-refractivity contribution in [2.24, 2.45) is 0 Å². The molecular weight excluding hydrogens is 821 g/mol. The summed E-state index contributed by atoms with van der Waals surface area (Å²) >= 11 is 1.84. The SMILES string of the molecule is O=C1C(=Cc2cc3c(C(=O)OCc4ccccc4)c4sc(C=C5C(=O)c6cc(F)c(F)cc6C5=O)cc4c(C(=O)OCc4ccccc4)c3s2)C(=O)c2cc(F)c(F)cc21. The number of thiophene rings is 2. The van der Waals surface area contributed by atoms with E-state index in [4.69, 9.17) is 9.47 Å². The number of Topliss-reactive ketones (excluding diaryl/α,β-unsaturated/α-hetero) is 4. The monoisotopic (exact) mass is 842 g/mol. The van der Waals surface area contributed by atoms with Gasteiger partial charge in [-0.3, -0.25) is 19.2 Å². The number of ketones is 4. The molecule has 0 N–H and O–H groups in total. The highest BCUT2D eigenvalue weighted by molar-refractivity contribution is 7.22. The summed E-state index contributed by atoms with van der Waals surface area (Å²) in [5.41, 5.74) is -0.842. The van der Waals surface area contributed by atoms with Crippen molar-refractivity contribution in [3.63, 3.8) is 0 Å². The third kappa shape index (κ3) is 6.55. The molecule has 2 aliphatic carbocycles. The largest absolute Gasteiger partial charge is 0.457 e. The first-order chi connectivity index (χ1) is 28.9. The van der Waals surface area contributed by atoms with Crippen molar-refractivity contribution in [1.29, 1.82) is 0 Å². The Balaban J connectivity index is 1.23. The van der Waals surface area contributed by atoms with E-state index in [1.807, 2.05) is 0 Å². The minimum atomic E-state index is -1.31. The van der Waals surface area contributed by atoms with Gasteiger partial charge in [0.15, 0.2) is 46.4 Å². The van der Waals surface area contributed by atoms with Crippen LogP contribution in [-0.4, -0.2) is 35.1 Å². The van der Waals surface area contributed by atoms with Crippen LogP contribution < -0.4 is 0 Å². The molecule has 60 heavy (non-hydrogen) atoms. The number of benzene rings is 5. The molecule has 0 atom stereocenters. The molecule has 2 aromatic heterocycles. The van der Waals surface area contributed by atoms with Crippen LogP contribution >= 0.6 is 22.7 Å². The molecule has 2 heterocycles. The van der Waals surface area contributed by atoms with Crippen LogP contribution in [0.2, 0.25) is 0 Å². The van der Waals surface area contributed by atoms with Gasteiger partial charge in [-0.15, -0.1) is 22.7 Å². The highest BCUT2D eigenvalue weighted by Crippen LogP contribution is 2.44. The smallest absolute Gasteiger partial charge is 0.340 e. The van der Waals surface area contributed by atoms with Gasteiger partial charge in [-0.05, 0) is 59.7 Å². The van der Waals surface area contributed by atoms with Crippen molar-refractivity contribution in [3.8, 4) is 0 Å². The molecule has 0 saturated carbocycles. The summed E-state index contributed by atoms with van der Waals surface area (Å²) < 4.78 is 68.4. The minimum absolute atomic E-state index is 0.0425. The zero-order chi connectivity index (χ0) is 42.0. The van der Waals surface area contributed by atoms with Gasteiger partial charge in [-0.2, -0.15) is 0 Å². The van der Waals surface area contributed by atoms with Gasteiger partial charge in [0.25, 0.3) is 0 Å². The molecule has 294 valence electrons. The van der Waals surface area contributed by atoms with E-state index in [0.29, 0.717) is 35.4 Å². The van der Waals surface area contributed by atoms with E-state index < -0.39 is 69.5 Å². The van der Waals surface area contributed by atoms with E-state index in [2.05, 4.69) is 0 Å². The number of carbonyl (C=O) groups is 6. The number of hydrogen-bond donors (Lipinski definition) is 0. The van der Waals surface area contributed by atoms with Gasteiger partial charge in [0.05, 0.1) is 31.7 Å². The zero-order valence-corrected chi connectivity index (χ0v) is 32.0. The fraction of sp³-hybridized carbons (Fsp3) is 0.0435. The van der Waals surface area contributed by atoms with Crippen LogP contribution in [0.3, 0.4) is 0 Å². The fourth-order valence-corrected chi connectivity index (χ4v) is 9.44. The van der Waals surface area contributed by atoms with Crippen LogP contribution in [0.4, 0.5) is 17.6 Å². The van der Waals surface area contributed by atoms with E-state index in [0.717, 1.165) is 22.7 Å². The Bertz CT molecular complexity index is 2790.